The van der Waals surface area contributed by atoms with Crippen LogP contribution in [0.5, 0.6) is 0 Å². The SMILES string of the molecule is CCc1oc(C(=O)OC)cc1S(=O)(=O)N(C)C1CCNCC1.Cl. The smallest absolute Gasteiger partial charge is 0.373 e. The third kappa shape index (κ3) is 4.06. The molecule has 132 valence electrons. The highest BCUT2D eigenvalue weighted by Crippen LogP contribution is 2.27. The van der Waals surface area contributed by atoms with Crippen molar-refractivity contribution in [1.82, 2.24) is 9.62 Å². The predicted octanol–water partition coefficient (Wildman–Crippen LogP) is 1.42. The molecule has 9 heteroatoms. The van der Waals surface area contributed by atoms with Gasteiger partial charge in [-0.2, -0.15) is 4.31 Å². The summed E-state index contributed by atoms with van der Waals surface area (Å²) in [5, 5.41) is 3.21. The summed E-state index contributed by atoms with van der Waals surface area (Å²) in [6, 6.07) is 1.21. The number of hydrogen-bond donors (Lipinski definition) is 1. The number of methoxy groups -OCH3 is 1. The number of carbonyl (C=O) groups excluding carboxylic acids is 1. The van der Waals surface area contributed by atoms with Crippen molar-refractivity contribution in [1.29, 1.82) is 0 Å². The monoisotopic (exact) mass is 366 g/mol. The van der Waals surface area contributed by atoms with E-state index in [0.29, 0.717) is 6.42 Å². The number of nitrogens with zero attached hydrogens (tertiary/aromatic N) is 1. The quantitative estimate of drug-likeness (QED) is 0.793. The molecule has 1 aromatic rings. The molecule has 0 bridgehead atoms. The molecule has 0 aliphatic carbocycles. The largest absolute Gasteiger partial charge is 0.463 e. The number of hydrogen-bond acceptors (Lipinski definition) is 6. The average molecular weight is 367 g/mol. The van der Waals surface area contributed by atoms with Gasteiger partial charge in [-0.15, -0.1) is 12.4 Å². The maximum Gasteiger partial charge on any atom is 0.373 e. The number of halogens is 1. The van der Waals surface area contributed by atoms with E-state index in [-0.39, 0.29) is 34.9 Å². The zero-order valence-electron chi connectivity index (χ0n) is 13.5. The van der Waals surface area contributed by atoms with Gasteiger partial charge in [0.1, 0.15) is 10.7 Å². The van der Waals surface area contributed by atoms with E-state index < -0.39 is 16.0 Å². The second-order valence-corrected chi connectivity index (χ2v) is 7.21. The van der Waals surface area contributed by atoms with Crippen molar-refractivity contribution >= 4 is 28.4 Å². The van der Waals surface area contributed by atoms with E-state index >= 15 is 0 Å². The van der Waals surface area contributed by atoms with Gasteiger partial charge in [-0.3, -0.25) is 0 Å². The predicted molar refractivity (Wildman–Crippen MR) is 87.5 cm³/mol. The molecule has 7 nitrogen and oxygen atoms in total. The minimum Gasteiger partial charge on any atom is -0.463 e. The first-order valence-corrected chi connectivity index (χ1v) is 8.75. The average Bonchev–Trinajstić information content (AvgIpc) is 2.99. The van der Waals surface area contributed by atoms with Crippen LogP contribution in [0.1, 0.15) is 36.1 Å². The molecule has 0 aromatic carbocycles. The van der Waals surface area contributed by atoms with Crippen LogP contribution >= 0.6 is 12.4 Å². The lowest BCUT2D eigenvalue weighted by Crippen LogP contribution is -2.43. The molecule has 0 radical (unpaired) electrons. The van der Waals surface area contributed by atoms with Crippen LogP contribution in [0.2, 0.25) is 0 Å². The zero-order valence-corrected chi connectivity index (χ0v) is 15.1. The molecule has 0 spiro atoms. The molecule has 1 aliphatic heterocycles. The van der Waals surface area contributed by atoms with E-state index in [2.05, 4.69) is 10.1 Å². The molecule has 0 unspecified atom stereocenters. The van der Waals surface area contributed by atoms with E-state index in [1.165, 1.54) is 17.5 Å². The molecule has 0 atom stereocenters. The van der Waals surface area contributed by atoms with Gasteiger partial charge in [0, 0.05) is 25.6 Å². The van der Waals surface area contributed by atoms with Crippen molar-refractivity contribution in [3.8, 4) is 0 Å². The molecule has 1 aromatic heterocycles. The lowest BCUT2D eigenvalue weighted by Gasteiger charge is -2.30. The summed E-state index contributed by atoms with van der Waals surface area (Å²) < 4.78 is 37.0. The van der Waals surface area contributed by atoms with Gasteiger partial charge in [0.15, 0.2) is 0 Å². The highest BCUT2D eigenvalue weighted by molar-refractivity contribution is 7.89. The minimum absolute atomic E-state index is 0. The fourth-order valence-electron chi connectivity index (χ4n) is 2.60. The van der Waals surface area contributed by atoms with Crippen LogP contribution in [0.25, 0.3) is 0 Å². The first-order valence-electron chi connectivity index (χ1n) is 7.31. The molecule has 2 heterocycles. The van der Waals surface area contributed by atoms with Crippen LogP contribution in [0.3, 0.4) is 0 Å². The zero-order chi connectivity index (χ0) is 16.3. The lowest BCUT2D eigenvalue weighted by molar-refractivity contribution is 0.0563. The van der Waals surface area contributed by atoms with Crippen molar-refractivity contribution in [2.45, 2.75) is 37.1 Å². The Labute approximate surface area is 142 Å². The van der Waals surface area contributed by atoms with Crippen LogP contribution < -0.4 is 5.32 Å². The van der Waals surface area contributed by atoms with Crippen molar-refractivity contribution in [2.75, 3.05) is 27.2 Å². The van der Waals surface area contributed by atoms with E-state index in [1.807, 2.05) is 0 Å². The van der Waals surface area contributed by atoms with Crippen molar-refractivity contribution in [3.63, 3.8) is 0 Å². The highest BCUT2D eigenvalue weighted by atomic mass is 35.5. The summed E-state index contributed by atoms with van der Waals surface area (Å²) in [6.45, 7) is 3.37. The topological polar surface area (TPSA) is 88.8 Å². The van der Waals surface area contributed by atoms with Gasteiger partial charge in [0.2, 0.25) is 15.8 Å². The summed E-state index contributed by atoms with van der Waals surface area (Å²) in [4.78, 5) is 11.6. The summed E-state index contributed by atoms with van der Waals surface area (Å²) in [7, 11) is -0.891. The second-order valence-electron chi connectivity index (χ2n) is 5.25. The fourth-order valence-corrected chi connectivity index (χ4v) is 4.24. The Hall–Kier alpha value is -1.09. The molecular weight excluding hydrogens is 344 g/mol. The van der Waals surface area contributed by atoms with Gasteiger partial charge < -0.3 is 14.5 Å². The molecule has 0 amide bonds. The van der Waals surface area contributed by atoms with Gasteiger partial charge >= 0.3 is 5.97 Å². The molecule has 1 N–H and O–H groups in total. The van der Waals surface area contributed by atoms with E-state index in [0.717, 1.165) is 25.9 Å². The number of carbonyl (C=O) groups is 1. The third-order valence-electron chi connectivity index (χ3n) is 3.96. The number of ether oxygens (including phenoxy) is 1. The van der Waals surface area contributed by atoms with Crippen LogP contribution in [-0.4, -0.2) is 52.0 Å². The van der Waals surface area contributed by atoms with E-state index in [4.69, 9.17) is 4.42 Å². The standard InChI is InChI=1S/C14H22N2O5S.ClH/c1-4-11-13(9-12(21-11)14(17)20-3)22(18,19)16(2)10-5-7-15-8-6-10;/h9-10,15H,4-8H2,1-3H3;1H. The summed E-state index contributed by atoms with van der Waals surface area (Å²) in [5.41, 5.74) is 0. The number of furan rings is 1. The maximum absolute atomic E-state index is 12.8. The molecule has 1 saturated heterocycles. The molecule has 2 rings (SSSR count). The highest BCUT2D eigenvalue weighted by Gasteiger charge is 2.33. The van der Waals surface area contributed by atoms with Crippen LogP contribution in [0.15, 0.2) is 15.4 Å². The van der Waals surface area contributed by atoms with Gasteiger partial charge in [0.25, 0.3) is 0 Å². The van der Waals surface area contributed by atoms with Gasteiger partial charge in [-0.05, 0) is 25.9 Å². The summed E-state index contributed by atoms with van der Waals surface area (Å²) in [5.74, 6) is -0.488. The van der Waals surface area contributed by atoms with E-state index in [9.17, 15) is 13.2 Å². The van der Waals surface area contributed by atoms with Gasteiger partial charge in [-0.1, -0.05) is 6.92 Å². The van der Waals surface area contributed by atoms with E-state index in [1.54, 1.807) is 14.0 Å². The molecule has 0 saturated carbocycles. The second kappa shape index (κ2) is 8.14. The minimum atomic E-state index is -3.70. The number of rotatable bonds is 5. The van der Waals surface area contributed by atoms with Gasteiger partial charge in [-0.25, -0.2) is 13.2 Å². The Morgan fingerprint density at radius 2 is 2.04 bits per heavy atom. The number of nitrogens with one attached hydrogen (secondary N) is 1. The number of piperidine rings is 1. The van der Waals surface area contributed by atoms with Crippen LogP contribution in [0, 0.1) is 0 Å². The van der Waals surface area contributed by atoms with Crippen molar-refractivity contribution < 1.29 is 22.4 Å². The maximum atomic E-state index is 12.8. The lowest BCUT2D eigenvalue weighted by atomic mass is 10.1. The number of esters is 1. The number of aryl methyl sites for hydroxylation is 1. The summed E-state index contributed by atoms with van der Waals surface area (Å²) in [6.07, 6.45) is 1.91. The van der Waals surface area contributed by atoms with Crippen LogP contribution in [0.4, 0.5) is 0 Å². The normalized spacial score (nSPS) is 16.2. The Morgan fingerprint density at radius 1 is 1.43 bits per heavy atom. The molecule has 23 heavy (non-hydrogen) atoms. The third-order valence-corrected chi connectivity index (χ3v) is 5.92. The molecule has 1 fully saturated rings. The van der Waals surface area contributed by atoms with Crippen molar-refractivity contribution in [2.24, 2.45) is 0 Å². The fraction of sp³-hybridized carbons (Fsp3) is 0.643. The summed E-state index contributed by atoms with van der Waals surface area (Å²) >= 11 is 0. The van der Waals surface area contributed by atoms with Gasteiger partial charge in [0.05, 0.1) is 7.11 Å². The molecular formula is C14H23ClN2O5S. The Balaban J connectivity index is 0.00000264. The molecule has 1 aliphatic rings. The van der Waals surface area contributed by atoms with Crippen LogP contribution in [-0.2, 0) is 21.2 Å². The first kappa shape index (κ1) is 20.0. The van der Waals surface area contributed by atoms with Crippen molar-refractivity contribution in [3.05, 3.63) is 17.6 Å². The number of sulfonamides is 1. The Kier molecular flexibility index (Phi) is 7.06. The Morgan fingerprint density at radius 3 is 2.57 bits per heavy atom. The Bertz CT molecular complexity index is 638. The first-order chi connectivity index (χ1) is 10.4.